The van der Waals surface area contributed by atoms with Crippen molar-refractivity contribution >= 4 is 63.1 Å². The summed E-state index contributed by atoms with van der Waals surface area (Å²) in [6, 6.07) is 2.71. The van der Waals surface area contributed by atoms with E-state index in [1.165, 1.54) is 11.8 Å². The van der Waals surface area contributed by atoms with E-state index in [4.69, 9.17) is 5.73 Å². The Hall–Kier alpha value is -4.16. The van der Waals surface area contributed by atoms with Crippen LogP contribution in [-0.2, 0) is 32.3 Å². The molecule has 18 heteroatoms. The molecule has 5 rings (SSSR count). The average Bonchev–Trinajstić information content (AvgIpc) is 3.58. The number of nitrogens with two attached hydrogens (primary N) is 1. The van der Waals surface area contributed by atoms with Crippen LogP contribution in [0.15, 0.2) is 41.1 Å². The number of carbonyl (C=O) groups is 3. The van der Waals surface area contributed by atoms with Crippen LogP contribution in [0.4, 0.5) is 9.52 Å². The van der Waals surface area contributed by atoms with Crippen molar-refractivity contribution in [2.24, 2.45) is 5.16 Å². The molecule has 41 heavy (non-hydrogen) atoms. The van der Waals surface area contributed by atoms with E-state index < -0.39 is 41.8 Å². The van der Waals surface area contributed by atoms with Crippen molar-refractivity contribution in [3.8, 4) is 0 Å². The minimum Gasteiger partial charge on any atom is -0.543 e. The summed E-state index contributed by atoms with van der Waals surface area (Å²) >= 11 is 2.07. The highest BCUT2D eigenvalue weighted by Crippen LogP contribution is 2.40. The number of anilines is 1. The zero-order valence-electron chi connectivity index (χ0n) is 21.7. The molecule has 3 aromatic rings. The minimum absolute atomic E-state index is 0.0415. The van der Waals surface area contributed by atoms with Crippen molar-refractivity contribution in [3.63, 3.8) is 0 Å². The van der Waals surface area contributed by atoms with E-state index >= 15 is 0 Å². The minimum atomic E-state index is -1.51. The molecule has 0 radical (unpaired) electrons. The highest BCUT2D eigenvalue weighted by atomic mass is 32.2. The van der Waals surface area contributed by atoms with Crippen LogP contribution in [0.25, 0.3) is 11.2 Å². The van der Waals surface area contributed by atoms with Gasteiger partial charge in [0.05, 0.1) is 17.9 Å². The maximum Gasteiger partial charge on any atom is 0.349 e. The Morgan fingerprint density at radius 1 is 1.41 bits per heavy atom. The van der Waals surface area contributed by atoms with Crippen molar-refractivity contribution in [1.82, 2.24) is 34.4 Å². The van der Waals surface area contributed by atoms with Crippen LogP contribution in [0, 0.1) is 0 Å². The summed E-state index contributed by atoms with van der Waals surface area (Å²) in [7, 11) is 1.89. The first-order valence-corrected chi connectivity index (χ1v) is 14.2. The Morgan fingerprint density at radius 2 is 2.24 bits per heavy atom. The number of carbonyl (C=O) groups excluding carboxylic acids is 3. The van der Waals surface area contributed by atoms with Gasteiger partial charge in [0, 0.05) is 29.4 Å². The van der Waals surface area contributed by atoms with Crippen molar-refractivity contribution in [2.45, 2.75) is 30.9 Å². The predicted octanol–water partition coefficient (Wildman–Crippen LogP) is -1.88. The Balaban J connectivity index is 1.35. The molecule has 0 spiro atoms. The molecule has 3 aromatic heterocycles. The molecule has 2 aliphatic rings. The number of amides is 2. The predicted molar refractivity (Wildman–Crippen MR) is 143 cm³/mol. The number of carboxylic acids is 1. The third kappa shape index (κ3) is 5.57. The molecule has 0 aliphatic carbocycles. The number of nitrogens with zero attached hydrogens (tertiary/aromatic N) is 7. The van der Waals surface area contributed by atoms with E-state index in [2.05, 4.69) is 35.0 Å². The van der Waals surface area contributed by atoms with Crippen LogP contribution in [-0.4, -0.2) is 84.9 Å². The van der Waals surface area contributed by atoms with Gasteiger partial charge >= 0.3 is 5.65 Å². The number of aliphatic carboxylic acids is 1. The lowest BCUT2D eigenvalue weighted by Crippen LogP contribution is -2.71. The van der Waals surface area contributed by atoms with Crippen LogP contribution in [0.5, 0.6) is 0 Å². The Morgan fingerprint density at radius 3 is 2.95 bits per heavy atom. The monoisotopic (exact) mass is 604 g/mol. The van der Waals surface area contributed by atoms with E-state index in [9.17, 15) is 23.9 Å². The van der Waals surface area contributed by atoms with E-state index in [-0.39, 0.29) is 29.0 Å². The van der Waals surface area contributed by atoms with E-state index in [1.54, 1.807) is 12.5 Å². The van der Waals surface area contributed by atoms with Gasteiger partial charge in [-0.3, -0.25) is 14.5 Å². The van der Waals surface area contributed by atoms with E-state index in [0.717, 1.165) is 41.5 Å². The second-order valence-electron chi connectivity index (χ2n) is 8.97. The maximum absolute atomic E-state index is 13.1. The number of hydrogen-bond acceptors (Lipinski definition) is 13. The number of carboxylic acid groups (broad SMARTS) is 1. The number of aryl methyl sites for hydroxylation is 1. The molecular weight excluding hydrogens is 579 g/mol. The molecule has 4 N–H and O–H groups in total. The number of nitrogen functional groups attached to an aromatic ring is 1. The lowest BCUT2D eigenvalue weighted by atomic mass is 10.0. The van der Waals surface area contributed by atoms with Gasteiger partial charge in [-0.2, -0.15) is 9.36 Å². The number of halogens is 1. The number of alkyl halides is 1. The number of imidazole rings is 1. The van der Waals surface area contributed by atoms with Crippen LogP contribution in [0.1, 0.15) is 12.2 Å². The summed E-state index contributed by atoms with van der Waals surface area (Å²) in [6.07, 6.45) is 4.45. The fourth-order valence-electron chi connectivity index (χ4n) is 4.63. The van der Waals surface area contributed by atoms with Crippen LogP contribution in [0.2, 0.25) is 0 Å². The highest BCUT2D eigenvalue weighted by molar-refractivity contribution is 8.00. The average molecular weight is 605 g/mol. The van der Waals surface area contributed by atoms with Gasteiger partial charge in [0.15, 0.2) is 5.13 Å². The molecule has 1 fully saturated rings. The largest absolute Gasteiger partial charge is 0.543 e. The maximum atomic E-state index is 13.1. The fraction of sp³-hybridized carbons (Fsp3) is 0.391. The SMILES string of the molecule is CNCCCn1cnc2c1ccc[n+]2CC1=C(C(=O)[O-])N2C(=O)[C@@H](NC(=O)/C(=N\OCF)c3nsc(N)n3)[C@H]2SC1. The first kappa shape index (κ1) is 28.4. The number of aromatic nitrogens is 5. The molecular formula is C23H25FN10O5S2. The molecule has 2 aliphatic heterocycles. The van der Waals surface area contributed by atoms with Crippen molar-refractivity contribution in [3.05, 3.63) is 41.8 Å². The molecule has 0 saturated carbocycles. The summed E-state index contributed by atoms with van der Waals surface area (Å²) in [5, 5.41) is 20.6. The number of β-lactam (4-membered cyclic amide) rings is 1. The summed E-state index contributed by atoms with van der Waals surface area (Å²) in [6.45, 7) is 0.479. The van der Waals surface area contributed by atoms with Crippen LogP contribution >= 0.6 is 23.3 Å². The summed E-state index contributed by atoms with van der Waals surface area (Å²) < 4.78 is 20.3. The van der Waals surface area contributed by atoms with Gasteiger partial charge < -0.3 is 35.7 Å². The summed E-state index contributed by atoms with van der Waals surface area (Å²) in [5.74, 6) is -3.01. The fourth-order valence-corrected chi connectivity index (χ4v) is 6.40. The lowest BCUT2D eigenvalue weighted by molar-refractivity contribution is -0.664. The number of fused-ring (bicyclic) bond motifs is 2. The topological polar surface area (TPSA) is 197 Å². The second-order valence-corrected chi connectivity index (χ2v) is 10.9. The van der Waals surface area contributed by atoms with Crippen molar-refractivity contribution in [1.29, 1.82) is 0 Å². The molecule has 1 saturated heterocycles. The van der Waals surface area contributed by atoms with Crippen molar-refractivity contribution < 1.29 is 33.3 Å². The number of pyridine rings is 1. The number of hydrogen-bond donors (Lipinski definition) is 3. The Bertz CT molecular complexity index is 1560. The van der Waals surface area contributed by atoms with Gasteiger partial charge in [-0.25, -0.2) is 8.96 Å². The van der Waals surface area contributed by atoms with Crippen LogP contribution < -0.4 is 26.0 Å². The van der Waals surface area contributed by atoms with Gasteiger partial charge in [-0.05, 0) is 37.1 Å². The zero-order valence-corrected chi connectivity index (χ0v) is 23.3. The second kappa shape index (κ2) is 12.1. The molecule has 15 nitrogen and oxygen atoms in total. The first-order chi connectivity index (χ1) is 19.8. The third-order valence-corrected chi connectivity index (χ3v) is 8.32. The highest BCUT2D eigenvalue weighted by Gasteiger charge is 2.53. The summed E-state index contributed by atoms with van der Waals surface area (Å²) in [5.41, 5.74) is 6.88. The normalized spacial score (nSPS) is 18.8. The molecule has 5 heterocycles. The van der Waals surface area contributed by atoms with Gasteiger partial charge in [0.25, 0.3) is 18.7 Å². The van der Waals surface area contributed by atoms with Crippen LogP contribution in [0.3, 0.4) is 0 Å². The number of nitrogens with one attached hydrogen (secondary N) is 2. The number of oxime groups is 1. The van der Waals surface area contributed by atoms with Crippen molar-refractivity contribution in [2.75, 3.05) is 31.9 Å². The molecule has 0 unspecified atom stereocenters. The quantitative estimate of drug-likeness (QED) is 0.0688. The number of thioether (sulfide) groups is 1. The van der Waals surface area contributed by atoms with E-state index in [0.29, 0.717) is 11.2 Å². The molecule has 216 valence electrons. The zero-order chi connectivity index (χ0) is 29.1. The lowest BCUT2D eigenvalue weighted by Gasteiger charge is -2.50. The Labute approximate surface area is 240 Å². The molecule has 2 atom stereocenters. The smallest absolute Gasteiger partial charge is 0.349 e. The van der Waals surface area contributed by atoms with Gasteiger partial charge in [0.2, 0.25) is 17.9 Å². The Kier molecular flexibility index (Phi) is 8.41. The molecule has 0 aromatic carbocycles. The standard InChI is InChI=1S/C23H25FN10O5S2/c1-26-5-3-7-33-11-27-18-13(33)4-2-6-32(18)8-12-9-40-21-15(20(36)34(21)16(12)22(37)38)28-19(35)14(30-39-10-24)17-29-23(25)41-31-17/h2,4,6,11,15,21,26H,3,5,7-10H2,1H3,(H3-,25,28,29,31,35,37,38)/b30-14-/t15-,21-/m1/s1. The van der Waals surface area contributed by atoms with Gasteiger partial charge in [-0.1, -0.05) is 5.16 Å². The molecule has 0 bridgehead atoms. The summed E-state index contributed by atoms with van der Waals surface area (Å²) in [4.78, 5) is 52.1. The first-order valence-electron chi connectivity index (χ1n) is 12.4. The van der Waals surface area contributed by atoms with E-state index in [1.807, 2.05) is 28.3 Å². The third-order valence-electron chi connectivity index (χ3n) is 6.44. The van der Waals surface area contributed by atoms with Gasteiger partial charge in [-0.15, -0.1) is 11.8 Å². The number of rotatable bonds is 12. The molecule has 2 amide bonds. The van der Waals surface area contributed by atoms with Gasteiger partial charge in [0.1, 0.15) is 23.5 Å².